The normalized spacial score (nSPS) is 13.6. The number of hydrogen-bond donors (Lipinski definition) is 0. The van der Waals surface area contributed by atoms with Crippen LogP contribution < -0.4 is 5.06 Å². The van der Waals surface area contributed by atoms with Crippen molar-refractivity contribution in [3.8, 4) is 0 Å². The molecule has 5 heteroatoms. The van der Waals surface area contributed by atoms with E-state index in [1.807, 2.05) is 51.1 Å². The molecular weight excluding hydrogens is 234 g/mol. The zero-order valence-electron chi connectivity index (χ0n) is 8.94. The Bertz CT molecular complexity index is 337. The van der Waals surface area contributed by atoms with E-state index in [4.69, 9.17) is 15.0 Å². The van der Waals surface area contributed by atoms with Gasteiger partial charge in [0.1, 0.15) is 0 Å². The molecule has 1 unspecified atom stereocenters. The van der Waals surface area contributed by atoms with E-state index in [2.05, 4.69) is 0 Å². The van der Waals surface area contributed by atoms with E-state index in [0.717, 1.165) is 5.69 Å². The summed E-state index contributed by atoms with van der Waals surface area (Å²) >= 11 is 0. The van der Waals surface area contributed by atoms with E-state index in [9.17, 15) is 4.21 Å². The largest absolute Gasteiger partial charge is 0.278 e. The van der Waals surface area contributed by atoms with Gasteiger partial charge in [0, 0.05) is 10.7 Å². The predicted molar refractivity (Wildman–Crippen MR) is 63.8 cm³/mol. The third kappa shape index (κ3) is 3.81. The summed E-state index contributed by atoms with van der Waals surface area (Å²) in [5.74, 6) is 0. The van der Waals surface area contributed by atoms with E-state index in [1.165, 1.54) is 5.06 Å². The summed E-state index contributed by atoms with van der Waals surface area (Å²) in [6, 6.07) is 9.41. The topological polar surface area (TPSA) is 29.5 Å². The molecular formula is C10H14ClNO2S. The average Bonchev–Trinajstić information content (AvgIpc) is 2.14. The van der Waals surface area contributed by atoms with Gasteiger partial charge in [-0.3, -0.25) is 0 Å². The van der Waals surface area contributed by atoms with Crippen molar-refractivity contribution in [2.75, 3.05) is 5.06 Å². The van der Waals surface area contributed by atoms with Gasteiger partial charge in [0.2, 0.25) is 0 Å². The maximum absolute atomic E-state index is 10.9. The number of rotatable bonds is 3. The summed E-state index contributed by atoms with van der Waals surface area (Å²) in [6.45, 7) is 5.84. The highest BCUT2D eigenvalue weighted by Crippen LogP contribution is 2.24. The number of hydrogen-bond acceptors (Lipinski definition) is 3. The van der Waals surface area contributed by atoms with Crippen LogP contribution in [0.1, 0.15) is 20.8 Å². The average molecular weight is 248 g/mol. The fourth-order valence-electron chi connectivity index (χ4n) is 1.16. The Morgan fingerprint density at radius 1 is 1.27 bits per heavy atom. The maximum Gasteiger partial charge on any atom is 0.278 e. The second-order valence-corrected chi connectivity index (χ2v) is 5.36. The number of anilines is 1. The summed E-state index contributed by atoms with van der Waals surface area (Å²) in [6.07, 6.45) is 0. The lowest BCUT2D eigenvalue weighted by Crippen LogP contribution is -2.41. The monoisotopic (exact) mass is 247 g/mol. The highest BCUT2D eigenvalue weighted by molar-refractivity contribution is 8.04. The summed E-state index contributed by atoms with van der Waals surface area (Å²) in [4.78, 5) is 0. The highest BCUT2D eigenvalue weighted by Gasteiger charge is 2.24. The van der Waals surface area contributed by atoms with Crippen LogP contribution >= 0.6 is 10.7 Å². The lowest BCUT2D eigenvalue weighted by atomic mass is 10.1. The quantitative estimate of drug-likeness (QED) is 0.607. The first-order valence-electron chi connectivity index (χ1n) is 4.53. The number of para-hydroxylation sites is 1. The molecule has 84 valence electrons. The van der Waals surface area contributed by atoms with Gasteiger partial charge in [0.05, 0.1) is 11.2 Å². The minimum Gasteiger partial charge on any atom is -0.232 e. The molecule has 0 heterocycles. The van der Waals surface area contributed by atoms with Crippen molar-refractivity contribution in [1.29, 1.82) is 0 Å². The Hall–Kier alpha value is -0.580. The molecule has 0 spiro atoms. The first-order valence-corrected chi connectivity index (χ1v) is 6.43. The lowest BCUT2D eigenvalue weighted by molar-refractivity contribution is 0.230. The molecule has 0 amide bonds. The molecule has 0 aliphatic carbocycles. The molecule has 1 aromatic carbocycles. The van der Waals surface area contributed by atoms with Gasteiger partial charge in [0.15, 0.2) is 0 Å². The molecule has 0 saturated carbocycles. The number of hydroxylamine groups is 1. The van der Waals surface area contributed by atoms with E-state index >= 15 is 0 Å². The molecule has 0 saturated heterocycles. The zero-order valence-corrected chi connectivity index (χ0v) is 10.5. The molecule has 0 aromatic heterocycles. The Morgan fingerprint density at radius 2 is 1.80 bits per heavy atom. The van der Waals surface area contributed by atoms with E-state index in [0.29, 0.717) is 0 Å². The van der Waals surface area contributed by atoms with Crippen LogP contribution in [0.2, 0.25) is 0 Å². The molecule has 0 radical (unpaired) electrons. The Balaban J connectivity index is 2.97. The van der Waals surface area contributed by atoms with Crippen LogP contribution in [0, 0.1) is 0 Å². The molecule has 0 aliphatic heterocycles. The Kier molecular flexibility index (Phi) is 4.13. The van der Waals surface area contributed by atoms with Crippen molar-refractivity contribution in [3.05, 3.63) is 30.3 Å². The van der Waals surface area contributed by atoms with Crippen LogP contribution in [0.4, 0.5) is 5.69 Å². The van der Waals surface area contributed by atoms with Crippen LogP contribution in [0.5, 0.6) is 0 Å². The van der Waals surface area contributed by atoms with Crippen molar-refractivity contribution in [2.24, 2.45) is 0 Å². The number of benzene rings is 1. The lowest BCUT2D eigenvalue weighted by Gasteiger charge is -2.33. The Labute approximate surface area is 97.1 Å². The van der Waals surface area contributed by atoms with Crippen molar-refractivity contribution in [1.82, 2.24) is 0 Å². The standard InChI is InChI=1S/C10H14ClNO2S/c1-10(2,3)12(14-15(11)13)9-7-5-4-6-8-9/h4-8H,1-3H3. The van der Waals surface area contributed by atoms with Gasteiger partial charge in [-0.15, -0.1) is 0 Å². The van der Waals surface area contributed by atoms with Gasteiger partial charge >= 0.3 is 0 Å². The predicted octanol–water partition coefficient (Wildman–Crippen LogP) is 3.04. The molecule has 1 rings (SSSR count). The number of nitrogens with zero attached hydrogens (tertiary/aromatic N) is 1. The first kappa shape index (κ1) is 12.5. The fraction of sp³-hybridized carbons (Fsp3) is 0.400. The molecule has 3 nitrogen and oxygen atoms in total. The zero-order chi connectivity index (χ0) is 11.5. The molecule has 0 bridgehead atoms. The van der Waals surface area contributed by atoms with E-state index in [1.54, 1.807) is 0 Å². The maximum atomic E-state index is 10.9. The molecule has 0 fully saturated rings. The molecule has 0 N–H and O–H groups in total. The smallest absolute Gasteiger partial charge is 0.232 e. The van der Waals surface area contributed by atoms with Crippen LogP contribution in [0.3, 0.4) is 0 Å². The van der Waals surface area contributed by atoms with E-state index < -0.39 is 10.3 Å². The van der Waals surface area contributed by atoms with Gasteiger partial charge in [-0.2, -0.15) is 4.28 Å². The number of halogens is 1. The highest BCUT2D eigenvalue weighted by atomic mass is 35.7. The van der Waals surface area contributed by atoms with Crippen molar-refractivity contribution in [2.45, 2.75) is 26.3 Å². The summed E-state index contributed by atoms with van der Waals surface area (Å²) in [7, 11) is 3.49. The van der Waals surface area contributed by atoms with Crippen LogP contribution in [-0.4, -0.2) is 9.75 Å². The van der Waals surface area contributed by atoms with Gasteiger partial charge in [-0.1, -0.05) is 18.2 Å². The van der Waals surface area contributed by atoms with Crippen LogP contribution in [-0.2, 0) is 14.6 Å². The molecule has 0 aliphatic rings. The fourth-order valence-corrected chi connectivity index (χ4v) is 1.76. The summed E-state index contributed by atoms with van der Waals surface area (Å²) in [5.41, 5.74) is 0.505. The van der Waals surface area contributed by atoms with Gasteiger partial charge in [-0.05, 0) is 32.9 Å². The van der Waals surface area contributed by atoms with Crippen molar-refractivity contribution >= 4 is 26.7 Å². The second kappa shape index (κ2) is 4.96. The second-order valence-electron chi connectivity index (χ2n) is 4.07. The van der Waals surface area contributed by atoms with Crippen molar-refractivity contribution < 1.29 is 8.49 Å². The van der Waals surface area contributed by atoms with Gasteiger partial charge < -0.3 is 0 Å². The van der Waals surface area contributed by atoms with Crippen LogP contribution in [0.25, 0.3) is 0 Å². The SMILES string of the molecule is CC(C)(C)N(OS(=O)Cl)c1ccccc1. The molecule has 15 heavy (non-hydrogen) atoms. The minimum atomic E-state index is -1.84. The minimum absolute atomic E-state index is 0.314. The molecule has 1 atom stereocenters. The third-order valence-corrected chi connectivity index (χ3v) is 2.17. The van der Waals surface area contributed by atoms with Crippen molar-refractivity contribution in [3.63, 3.8) is 0 Å². The summed E-state index contributed by atoms with van der Waals surface area (Å²) < 4.78 is 16.0. The summed E-state index contributed by atoms with van der Waals surface area (Å²) in [5, 5.41) is 1.54. The van der Waals surface area contributed by atoms with Gasteiger partial charge in [-0.25, -0.2) is 9.27 Å². The first-order chi connectivity index (χ1) is 6.91. The molecule has 1 aromatic rings. The van der Waals surface area contributed by atoms with E-state index in [-0.39, 0.29) is 5.54 Å². The van der Waals surface area contributed by atoms with Crippen LogP contribution in [0.15, 0.2) is 30.3 Å². The third-order valence-electron chi connectivity index (χ3n) is 1.73. The Morgan fingerprint density at radius 3 is 2.20 bits per heavy atom. The van der Waals surface area contributed by atoms with Gasteiger partial charge in [0.25, 0.3) is 10.3 Å².